The summed E-state index contributed by atoms with van der Waals surface area (Å²) >= 11 is 3.48. The first-order valence-electron chi connectivity index (χ1n) is 10.5. The molecule has 0 saturated heterocycles. The minimum atomic E-state index is 0.294. The molecular weight excluding hydrogens is 482 g/mol. The molecule has 0 radical (unpaired) electrons. The average Bonchev–Trinajstić information content (AvgIpc) is 3.54. The number of hydrogen-bond acceptors (Lipinski definition) is 9. The Balaban J connectivity index is 1.53. The molecule has 0 atom stereocenters. The summed E-state index contributed by atoms with van der Waals surface area (Å²) in [7, 11) is 0. The van der Waals surface area contributed by atoms with E-state index in [2.05, 4.69) is 46.1 Å². The van der Waals surface area contributed by atoms with E-state index >= 15 is 0 Å². The van der Waals surface area contributed by atoms with Crippen molar-refractivity contribution >= 4 is 35.6 Å². The second-order valence-corrected chi connectivity index (χ2v) is 9.75. The largest absolute Gasteiger partial charge is 0.429 e. The van der Waals surface area contributed by atoms with Gasteiger partial charge < -0.3 is 9.47 Å². The minimum Gasteiger partial charge on any atom is -0.429 e. The molecule has 0 aliphatic rings. The second-order valence-electron chi connectivity index (χ2n) is 7.38. The first-order valence-corrected chi connectivity index (χ1v) is 12.1. The molecule has 0 spiro atoms. The van der Waals surface area contributed by atoms with Crippen molar-refractivity contribution in [2.24, 2.45) is 0 Å². The van der Waals surface area contributed by atoms with Gasteiger partial charge in [0.25, 0.3) is 12.9 Å². The number of carbonyl (C=O) groups is 2. The van der Waals surface area contributed by atoms with Crippen molar-refractivity contribution in [2.45, 2.75) is 6.92 Å². The van der Waals surface area contributed by atoms with E-state index in [0.717, 1.165) is 10.4 Å². The van der Waals surface area contributed by atoms with Crippen LogP contribution in [0.5, 0.6) is 11.5 Å². The van der Waals surface area contributed by atoms with Crippen molar-refractivity contribution in [1.82, 2.24) is 15.0 Å². The number of hydrogen-bond donors (Lipinski definition) is 0. The maximum atomic E-state index is 11.0. The molecule has 0 amide bonds. The molecule has 0 fully saturated rings. The highest BCUT2D eigenvalue weighted by molar-refractivity contribution is 7.23. The fraction of sp³-hybridized carbons (Fsp3) is 0.0385. The third-order valence-electron chi connectivity index (χ3n) is 5.06. The summed E-state index contributed by atoms with van der Waals surface area (Å²) in [5.74, 6) is 0.617. The van der Waals surface area contributed by atoms with Crippen LogP contribution >= 0.6 is 22.7 Å². The van der Waals surface area contributed by atoms with Crippen molar-refractivity contribution in [3.8, 4) is 54.5 Å². The van der Waals surface area contributed by atoms with Gasteiger partial charge in [0.2, 0.25) is 0 Å². The van der Waals surface area contributed by atoms with Crippen LogP contribution in [-0.2, 0) is 9.59 Å². The van der Waals surface area contributed by atoms with Gasteiger partial charge in [0.15, 0.2) is 0 Å². The van der Waals surface area contributed by atoms with E-state index in [1.54, 1.807) is 53.1 Å². The first kappa shape index (κ1) is 22.6. The van der Waals surface area contributed by atoms with Gasteiger partial charge in [-0.25, -0.2) is 4.98 Å². The molecule has 5 rings (SSSR count). The lowest BCUT2D eigenvalue weighted by molar-refractivity contribution is -0.121. The molecular formula is C26H17N3O4S2. The molecule has 5 aromatic heterocycles. The number of thiophene rings is 2. The first-order chi connectivity index (χ1) is 17.1. The van der Waals surface area contributed by atoms with Crippen LogP contribution < -0.4 is 9.47 Å². The van der Waals surface area contributed by atoms with Gasteiger partial charge in [-0.05, 0) is 55.0 Å². The highest BCUT2D eigenvalue weighted by atomic mass is 32.1. The summed E-state index contributed by atoms with van der Waals surface area (Å²) in [5, 5.41) is 0. The molecule has 0 saturated carbocycles. The highest BCUT2D eigenvalue weighted by Gasteiger charge is 2.13. The average molecular weight is 500 g/mol. The molecule has 7 nitrogen and oxygen atoms in total. The zero-order valence-corrected chi connectivity index (χ0v) is 20.0. The fourth-order valence-electron chi connectivity index (χ4n) is 3.49. The monoisotopic (exact) mass is 499 g/mol. The predicted molar refractivity (Wildman–Crippen MR) is 135 cm³/mol. The summed E-state index contributed by atoms with van der Waals surface area (Å²) in [4.78, 5) is 40.1. The molecule has 0 aromatic carbocycles. The Morgan fingerprint density at radius 3 is 1.97 bits per heavy atom. The molecule has 5 heterocycles. The zero-order valence-electron chi connectivity index (χ0n) is 18.4. The maximum absolute atomic E-state index is 11.0. The normalized spacial score (nSPS) is 10.7. The lowest BCUT2D eigenvalue weighted by Gasteiger charge is -2.09. The van der Waals surface area contributed by atoms with E-state index in [9.17, 15) is 9.59 Å². The van der Waals surface area contributed by atoms with Gasteiger partial charge in [0.05, 0.1) is 22.8 Å². The Kier molecular flexibility index (Phi) is 6.42. The van der Waals surface area contributed by atoms with Crippen molar-refractivity contribution in [1.29, 1.82) is 0 Å². The SMILES string of the molecule is Cc1ccc(-c2ccc(-c3ccnc(-c4cc(OC=O)cc(-c5cc(OC=O)ccn5)n4)c3)s2)s1. The van der Waals surface area contributed by atoms with Crippen LogP contribution in [0, 0.1) is 6.92 Å². The molecule has 0 aliphatic carbocycles. The number of nitrogens with zero attached hydrogens (tertiary/aromatic N) is 3. The topological polar surface area (TPSA) is 91.3 Å². The summed E-state index contributed by atoms with van der Waals surface area (Å²) < 4.78 is 10.0. The Hall–Kier alpha value is -4.21. The highest BCUT2D eigenvalue weighted by Crippen LogP contribution is 2.38. The van der Waals surface area contributed by atoms with E-state index in [1.165, 1.54) is 20.8 Å². The van der Waals surface area contributed by atoms with Crippen LogP contribution in [0.2, 0.25) is 0 Å². The molecule has 5 aromatic rings. The quantitative estimate of drug-likeness (QED) is 0.240. The number of ether oxygens (including phenoxy) is 2. The Morgan fingerprint density at radius 2 is 1.26 bits per heavy atom. The van der Waals surface area contributed by atoms with E-state index in [0.29, 0.717) is 47.2 Å². The molecule has 172 valence electrons. The van der Waals surface area contributed by atoms with E-state index in [1.807, 2.05) is 12.1 Å². The van der Waals surface area contributed by atoms with E-state index < -0.39 is 0 Å². The number of rotatable bonds is 8. The predicted octanol–water partition coefficient (Wildman–Crippen LogP) is 6.04. The number of pyridine rings is 3. The van der Waals surface area contributed by atoms with Gasteiger partial charge in [0, 0.05) is 50.1 Å². The summed E-state index contributed by atoms with van der Waals surface area (Å²) in [6, 6.07) is 18.8. The molecule has 0 bridgehead atoms. The second kappa shape index (κ2) is 9.96. The molecule has 0 unspecified atom stereocenters. The maximum Gasteiger partial charge on any atom is 0.298 e. The Bertz CT molecular complexity index is 1530. The van der Waals surface area contributed by atoms with Gasteiger partial charge in [-0.3, -0.25) is 19.6 Å². The van der Waals surface area contributed by atoms with Crippen LogP contribution in [0.4, 0.5) is 0 Å². The van der Waals surface area contributed by atoms with Crippen molar-refractivity contribution in [3.05, 3.63) is 77.9 Å². The fourth-order valence-corrected chi connectivity index (χ4v) is 5.45. The van der Waals surface area contributed by atoms with Crippen LogP contribution in [0.15, 0.2) is 73.1 Å². The van der Waals surface area contributed by atoms with Crippen molar-refractivity contribution in [3.63, 3.8) is 0 Å². The van der Waals surface area contributed by atoms with Gasteiger partial charge in [0.1, 0.15) is 11.5 Å². The van der Waals surface area contributed by atoms with Crippen molar-refractivity contribution < 1.29 is 19.1 Å². The van der Waals surface area contributed by atoms with Crippen LogP contribution in [0.3, 0.4) is 0 Å². The molecule has 0 aliphatic heterocycles. The van der Waals surface area contributed by atoms with Crippen LogP contribution in [0.1, 0.15) is 4.88 Å². The number of aromatic nitrogens is 3. The number of aryl methyl sites for hydroxylation is 1. The third-order valence-corrected chi connectivity index (χ3v) is 7.39. The zero-order chi connectivity index (χ0) is 24.2. The van der Waals surface area contributed by atoms with Gasteiger partial charge in [-0.1, -0.05) is 0 Å². The van der Waals surface area contributed by atoms with Crippen LogP contribution in [-0.4, -0.2) is 27.9 Å². The summed E-state index contributed by atoms with van der Waals surface area (Å²) in [5.41, 5.74) is 3.02. The van der Waals surface area contributed by atoms with Gasteiger partial charge in [-0.15, -0.1) is 22.7 Å². The Labute approximate surface area is 208 Å². The third kappa shape index (κ3) is 5.01. The van der Waals surface area contributed by atoms with Gasteiger partial charge >= 0.3 is 0 Å². The van der Waals surface area contributed by atoms with Crippen molar-refractivity contribution in [2.75, 3.05) is 0 Å². The lowest BCUT2D eigenvalue weighted by atomic mass is 10.1. The van der Waals surface area contributed by atoms with Crippen LogP contribution in [0.25, 0.3) is 43.0 Å². The molecule has 35 heavy (non-hydrogen) atoms. The molecule has 9 heteroatoms. The smallest absolute Gasteiger partial charge is 0.298 e. The van der Waals surface area contributed by atoms with E-state index in [4.69, 9.17) is 9.47 Å². The van der Waals surface area contributed by atoms with E-state index in [-0.39, 0.29) is 0 Å². The molecule has 0 N–H and O–H groups in total. The lowest BCUT2D eigenvalue weighted by Crippen LogP contribution is -1.97. The standard InChI is InChI=1S/C26H17N3O4S2/c1-16-2-3-25(34-16)26-5-4-24(35-26)17-6-8-27-20(10-17)22-12-19(33-15-31)13-23(29-22)21-11-18(32-14-30)7-9-28-21/h2-15H,1H3. The number of carbonyl (C=O) groups excluding carboxylic acids is 2. The van der Waals surface area contributed by atoms with Gasteiger partial charge in [-0.2, -0.15) is 0 Å². The summed E-state index contributed by atoms with van der Waals surface area (Å²) in [6.45, 7) is 2.79. The minimum absolute atomic E-state index is 0.294. The summed E-state index contributed by atoms with van der Waals surface area (Å²) in [6.07, 6.45) is 3.23. The Morgan fingerprint density at radius 1 is 0.657 bits per heavy atom.